The Morgan fingerprint density at radius 3 is 3.14 bits per heavy atom. The highest BCUT2D eigenvalue weighted by atomic mass is 19.1. The van der Waals surface area contributed by atoms with Crippen LogP contribution in [-0.2, 0) is 17.8 Å². The second-order valence-electron chi connectivity index (χ2n) is 4.76. The molecule has 3 N–H and O–H groups in total. The van der Waals surface area contributed by atoms with E-state index in [9.17, 15) is 9.18 Å². The molecule has 0 saturated heterocycles. The van der Waals surface area contributed by atoms with Gasteiger partial charge < -0.3 is 10.3 Å². The van der Waals surface area contributed by atoms with Gasteiger partial charge in [-0.2, -0.15) is 5.26 Å². The number of imidazole rings is 1. The Morgan fingerprint density at radius 1 is 1.52 bits per heavy atom. The molecule has 1 unspecified atom stereocenters. The molecule has 2 heterocycles. The van der Waals surface area contributed by atoms with Crippen LogP contribution in [0.25, 0.3) is 0 Å². The van der Waals surface area contributed by atoms with Gasteiger partial charge >= 0.3 is 0 Å². The summed E-state index contributed by atoms with van der Waals surface area (Å²) in [6, 6.07) is 5.31. The maximum atomic E-state index is 13.8. The fraction of sp³-hybridized carbons (Fsp3) is 0.214. The molecule has 1 atom stereocenters. The van der Waals surface area contributed by atoms with Crippen LogP contribution in [0.15, 0.2) is 24.5 Å². The van der Waals surface area contributed by atoms with E-state index in [0.29, 0.717) is 13.0 Å². The molecule has 7 heteroatoms. The first-order chi connectivity index (χ1) is 10.2. The number of halogens is 1. The first kappa shape index (κ1) is 13.3. The molecule has 0 bridgehead atoms. The number of anilines is 1. The minimum Gasteiger partial charge on any atom is -0.347 e. The van der Waals surface area contributed by atoms with Gasteiger partial charge in [-0.3, -0.25) is 10.1 Å². The van der Waals surface area contributed by atoms with Crippen molar-refractivity contribution in [2.45, 2.75) is 19.0 Å². The van der Waals surface area contributed by atoms with Gasteiger partial charge in [0.25, 0.3) is 0 Å². The summed E-state index contributed by atoms with van der Waals surface area (Å²) in [5.41, 5.74) is 2.08. The van der Waals surface area contributed by atoms with Crippen molar-refractivity contribution in [3.05, 3.63) is 47.3 Å². The Bertz CT molecular complexity index is 733. The smallest absolute Gasteiger partial charge is 0.242 e. The fourth-order valence-corrected chi connectivity index (χ4v) is 2.26. The molecule has 1 aromatic heterocycles. The number of nitrogens with one attached hydrogen (secondary N) is 3. The maximum Gasteiger partial charge on any atom is 0.242 e. The van der Waals surface area contributed by atoms with Crippen LogP contribution in [-0.4, -0.2) is 21.9 Å². The van der Waals surface area contributed by atoms with Crippen molar-refractivity contribution < 1.29 is 9.18 Å². The number of fused-ring (bicyclic) bond motifs is 1. The molecule has 106 valence electrons. The minimum absolute atomic E-state index is 0.0635. The summed E-state index contributed by atoms with van der Waals surface area (Å²) in [6.07, 6.45) is 2.04. The Morgan fingerprint density at radius 2 is 2.38 bits per heavy atom. The number of nitrogens with zero attached hydrogens (tertiary/aromatic N) is 2. The minimum atomic E-state index is -0.626. The van der Waals surface area contributed by atoms with E-state index in [0.717, 1.165) is 17.5 Å². The molecule has 6 nitrogen and oxygen atoms in total. The van der Waals surface area contributed by atoms with E-state index in [1.807, 2.05) is 6.07 Å². The predicted octanol–water partition coefficient (Wildman–Crippen LogP) is 1.07. The zero-order valence-electron chi connectivity index (χ0n) is 11.0. The molecule has 0 spiro atoms. The maximum absolute atomic E-state index is 13.8. The SMILES string of the molecule is N#Cc1ccc(NC(=O)C2Cc3nc[nH]c3CN2)c(F)c1. The molecule has 0 saturated carbocycles. The molecule has 0 fully saturated rings. The van der Waals surface area contributed by atoms with E-state index in [2.05, 4.69) is 20.6 Å². The molecule has 1 aliphatic rings. The summed E-state index contributed by atoms with van der Waals surface area (Å²) in [5, 5.41) is 14.3. The number of hydrogen-bond acceptors (Lipinski definition) is 4. The summed E-state index contributed by atoms with van der Waals surface area (Å²) in [7, 11) is 0. The van der Waals surface area contributed by atoms with Crippen LogP contribution >= 0.6 is 0 Å². The van der Waals surface area contributed by atoms with Crippen LogP contribution < -0.4 is 10.6 Å². The van der Waals surface area contributed by atoms with Crippen LogP contribution in [0.5, 0.6) is 0 Å². The average molecular weight is 285 g/mol. The lowest BCUT2D eigenvalue weighted by molar-refractivity contribution is -0.118. The van der Waals surface area contributed by atoms with Gasteiger partial charge in [0.05, 0.1) is 41.1 Å². The summed E-state index contributed by atoms with van der Waals surface area (Å²) in [4.78, 5) is 19.3. The standard InChI is InChI=1S/C14H12FN5O/c15-9-3-8(5-16)1-2-10(9)20-14(21)12-4-11-13(6-17-12)19-7-18-11/h1-3,7,12,17H,4,6H2,(H,18,19)(H,20,21). The van der Waals surface area contributed by atoms with E-state index >= 15 is 0 Å². The Hall–Kier alpha value is -2.72. The topological polar surface area (TPSA) is 93.6 Å². The second kappa shape index (κ2) is 5.34. The van der Waals surface area contributed by atoms with Crippen molar-refractivity contribution in [3.8, 4) is 6.07 Å². The number of benzene rings is 1. The van der Waals surface area contributed by atoms with Gasteiger partial charge in [-0.25, -0.2) is 9.37 Å². The fourth-order valence-electron chi connectivity index (χ4n) is 2.26. The van der Waals surface area contributed by atoms with Gasteiger partial charge in [-0.05, 0) is 18.2 Å². The third kappa shape index (κ3) is 2.61. The zero-order chi connectivity index (χ0) is 14.8. The van der Waals surface area contributed by atoms with Crippen molar-refractivity contribution >= 4 is 11.6 Å². The van der Waals surface area contributed by atoms with Crippen molar-refractivity contribution in [1.82, 2.24) is 15.3 Å². The van der Waals surface area contributed by atoms with Gasteiger partial charge in [-0.1, -0.05) is 0 Å². The number of aromatic amines is 1. The summed E-state index contributed by atoms with van der Waals surface area (Å²) < 4.78 is 13.8. The Labute approximate surface area is 120 Å². The molecule has 3 rings (SSSR count). The van der Waals surface area contributed by atoms with Crippen LogP contribution in [0, 0.1) is 17.1 Å². The van der Waals surface area contributed by atoms with E-state index in [-0.39, 0.29) is 17.2 Å². The number of nitriles is 1. The monoisotopic (exact) mass is 285 g/mol. The van der Waals surface area contributed by atoms with Gasteiger partial charge in [0.2, 0.25) is 5.91 Å². The number of carbonyl (C=O) groups is 1. The molecule has 0 aliphatic carbocycles. The van der Waals surface area contributed by atoms with E-state index in [4.69, 9.17) is 5.26 Å². The molecule has 1 amide bonds. The third-order valence-electron chi connectivity index (χ3n) is 3.40. The second-order valence-corrected chi connectivity index (χ2v) is 4.76. The van der Waals surface area contributed by atoms with Crippen LogP contribution in [0.1, 0.15) is 17.0 Å². The van der Waals surface area contributed by atoms with Crippen molar-refractivity contribution in [2.24, 2.45) is 0 Å². The summed E-state index contributed by atoms with van der Waals surface area (Å²) in [5.74, 6) is -0.953. The molecule has 1 aliphatic heterocycles. The van der Waals surface area contributed by atoms with Crippen LogP contribution in [0.4, 0.5) is 10.1 Å². The molecule has 1 aromatic carbocycles. The van der Waals surface area contributed by atoms with Gasteiger partial charge in [0.15, 0.2) is 0 Å². The molecular formula is C14H12FN5O. The highest BCUT2D eigenvalue weighted by molar-refractivity contribution is 5.95. The zero-order valence-corrected chi connectivity index (χ0v) is 11.0. The molecular weight excluding hydrogens is 273 g/mol. The normalized spacial score (nSPS) is 16.9. The number of amides is 1. The number of aromatic nitrogens is 2. The lowest BCUT2D eigenvalue weighted by Crippen LogP contribution is -2.44. The van der Waals surface area contributed by atoms with Crippen molar-refractivity contribution in [3.63, 3.8) is 0 Å². The van der Waals surface area contributed by atoms with Crippen molar-refractivity contribution in [2.75, 3.05) is 5.32 Å². The quantitative estimate of drug-likeness (QED) is 0.769. The number of H-pyrrole nitrogens is 1. The predicted molar refractivity (Wildman–Crippen MR) is 72.7 cm³/mol. The molecule has 2 aromatic rings. The number of carbonyl (C=O) groups excluding carboxylic acids is 1. The number of hydrogen-bond donors (Lipinski definition) is 3. The summed E-state index contributed by atoms with van der Waals surface area (Å²) >= 11 is 0. The summed E-state index contributed by atoms with van der Waals surface area (Å²) in [6.45, 7) is 0.517. The lowest BCUT2D eigenvalue weighted by Gasteiger charge is -2.22. The van der Waals surface area contributed by atoms with E-state index < -0.39 is 11.9 Å². The van der Waals surface area contributed by atoms with Gasteiger partial charge in [0.1, 0.15) is 5.82 Å². The van der Waals surface area contributed by atoms with Crippen LogP contribution in [0.3, 0.4) is 0 Å². The average Bonchev–Trinajstić information content (AvgIpc) is 2.96. The Kier molecular flexibility index (Phi) is 3.38. The highest BCUT2D eigenvalue weighted by Gasteiger charge is 2.26. The molecule has 21 heavy (non-hydrogen) atoms. The first-order valence-corrected chi connectivity index (χ1v) is 6.42. The Balaban J connectivity index is 1.71. The third-order valence-corrected chi connectivity index (χ3v) is 3.40. The lowest BCUT2D eigenvalue weighted by atomic mass is 10.0. The van der Waals surface area contributed by atoms with Crippen molar-refractivity contribution in [1.29, 1.82) is 5.26 Å². The van der Waals surface area contributed by atoms with Crippen LogP contribution in [0.2, 0.25) is 0 Å². The van der Waals surface area contributed by atoms with Gasteiger partial charge in [0, 0.05) is 13.0 Å². The highest BCUT2D eigenvalue weighted by Crippen LogP contribution is 2.17. The van der Waals surface area contributed by atoms with Gasteiger partial charge in [-0.15, -0.1) is 0 Å². The van der Waals surface area contributed by atoms with E-state index in [1.54, 1.807) is 6.33 Å². The first-order valence-electron chi connectivity index (χ1n) is 6.42. The largest absolute Gasteiger partial charge is 0.347 e. The number of rotatable bonds is 2. The van der Waals surface area contributed by atoms with E-state index in [1.165, 1.54) is 12.1 Å². The molecule has 0 radical (unpaired) electrons.